The Morgan fingerprint density at radius 2 is 1.81 bits per heavy atom. The van der Waals surface area contributed by atoms with E-state index in [9.17, 15) is 0 Å². The van der Waals surface area contributed by atoms with Crippen LogP contribution in [0.1, 0.15) is 5.56 Å². The van der Waals surface area contributed by atoms with E-state index in [2.05, 4.69) is 20.2 Å². The Labute approximate surface area is 120 Å². The molecule has 0 fully saturated rings. The van der Waals surface area contributed by atoms with Crippen LogP contribution in [0.25, 0.3) is 27.2 Å². The summed E-state index contributed by atoms with van der Waals surface area (Å²) in [6.07, 6.45) is 0. The van der Waals surface area contributed by atoms with Gasteiger partial charge in [0, 0.05) is 10.6 Å². The van der Waals surface area contributed by atoms with Crippen molar-refractivity contribution in [1.82, 2.24) is 15.0 Å². The highest BCUT2D eigenvalue weighted by Crippen LogP contribution is 2.24. The summed E-state index contributed by atoms with van der Waals surface area (Å²) < 4.78 is 5.13. The summed E-state index contributed by atoms with van der Waals surface area (Å²) in [5, 5.41) is 12.5. The summed E-state index contributed by atoms with van der Waals surface area (Å²) in [6.45, 7) is 1.87. The number of hydrogen-bond acceptors (Lipinski definition) is 4. The van der Waals surface area contributed by atoms with Crippen LogP contribution in [0.4, 0.5) is 5.69 Å². The van der Waals surface area contributed by atoms with E-state index >= 15 is 0 Å². The number of nitrogens with zero attached hydrogens (tertiary/aromatic N) is 6. The number of benzene rings is 2. The van der Waals surface area contributed by atoms with E-state index in [-0.39, 0.29) is 0 Å². The van der Waals surface area contributed by atoms with Gasteiger partial charge in [-0.2, -0.15) is 4.80 Å². The second kappa shape index (κ2) is 5.15. The van der Waals surface area contributed by atoms with Crippen LogP contribution in [0.2, 0.25) is 0 Å². The molecular formula is C14H12N6O. The molecule has 0 N–H and O–H groups in total. The van der Waals surface area contributed by atoms with E-state index in [1.807, 2.05) is 37.3 Å². The Morgan fingerprint density at radius 1 is 1.14 bits per heavy atom. The largest absolute Gasteiger partial charge is 0.497 e. The lowest BCUT2D eigenvalue weighted by atomic mass is 10.2. The average molecular weight is 280 g/mol. The molecule has 0 radical (unpaired) electrons. The fourth-order valence-electron chi connectivity index (χ4n) is 2.04. The van der Waals surface area contributed by atoms with Crippen LogP contribution in [-0.2, 0) is 0 Å². The van der Waals surface area contributed by atoms with Crippen LogP contribution in [-0.4, -0.2) is 22.1 Å². The molecule has 0 aliphatic rings. The Morgan fingerprint density at radius 3 is 2.43 bits per heavy atom. The first kappa shape index (κ1) is 13.0. The quantitative estimate of drug-likeness (QED) is 0.416. The van der Waals surface area contributed by atoms with Crippen molar-refractivity contribution < 1.29 is 4.74 Å². The lowest BCUT2D eigenvalue weighted by Crippen LogP contribution is -1.98. The van der Waals surface area contributed by atoms with Crippen molar-refractivity contribution >= 4 is 16.7 Å². The summed E-state index contributed by atoms with van der Waals surface area (Å²) in [5.74, 6) is 0.775. The number of methoxy groups -OCH3 is 1. The number of hydrogen-bond donors (Lipinski definition) is 0. The summed E-state index contributed by atoms with van der Waals surface area (Å²) in [4.78, 5) is 4.36. The van der Waals surface area contributed by atoms with Gasteiger partial charge in [0.15, 0.2) is 0 Å². The summed E-state index contributed by atoms with van der Waals surface area (Å²) in [5.41, 5.74) is 12.2. The number of rotatable bonds is 3. The molecule has 0 atom stereocenters. The molecule has 7 nitrogen and oxygen atoms in total. The van der Waals surface area contributed by atoms with Crippen molar-refractivity contribution in [2.75, 3.05) is 7.11 Å². The predicted octanol–water partition coefficient (Wildman–Crippen LogP) is 3.68. The van der Waals surface area contributed by atoms with E-state index in [1.165, 1.54) is 0 Å². The second-order valence-corrected chi connectivity index (χ2v) is 4.50. The first-order valence-corrected chi connectivity index (χ1v) is 6.28. The third-order valence-electron chi connectivity index (χ3n) is 3.15. The maximum atomic E-state index is 8.55. The lowest BCUT2D eigenvalue weighted by molar-refractivity contribution is 0.414. The van der Waals surface area contributed by atoms with E-state index < -0.39 is 0 Å². The molecule has 0 spiro atoms. The Hall–Kier alpha value is -3.05. The minimum Gasteiger partial charge on any atom is -0.497 e. The second-order valence-electron chi connectivity index (χ2n) is 4.50. The molecule has 104 valence electrons. The van der Waals surface area contributed by atoms with Gasteiger partial charge in [-0.05, 0) is 54.4 Å². The van der Waals surface area contributed by atoms with Crippen LogP contribution in [0, 0.1) is 6.92 Å². The van der Waals surface area contributed by atoms with Crippen LogP contribution >= 0.6 is 0 Å². The van der Waals surface area contributed by atoms with Gasteiger partial charge in [0.1, 0.15) is 16.8 Å². The first-order valence-electron chi connectivity index (χ1n) is 6.28. The van der Waals surface area contributed by atoms with E-state index in [4.69, 9.17) is 10.3 Å². The van der Waals surface area contributed by atoms with Gasteiger partial charge >= 0.3 is 0 Å². The molecule has 1 heterocycles. The molecule has 0 saturated carbocycles. The zero-order chi connectivity index (χ0) is 14.8. The van der Waals surface area contributed by atoms with Crippen LogP contribution in [0.5, 0.6) is 5.75 Å². The molecule has 0 saturated heterocycles. The zero-order valence-electron chi connectivity index (χ0n) is 11.6. The Bertz CT molecular complexity index is 846. The third-order valence-corrected chi connectivity index (χ3v) is 3.15. The number of aryl methyl sites for hydroxylation is 1. The summed E-state index contributed by atoms with van der Waals surface area (Å²) in [7, 11) is 1.62. The van der Waals surface area contributed by atoms with Gasteiger partial charge < -0.3 is 4.74 Å². The molecule has 0 amide bonds. The third kappa shape index (κ3) is 2.37. The summed E-state index contributed by atoms with van der Waals surface area (Å²) >= 11 is 0. The van der Waals surface area contributed by atoms with E-state index in [0.29, 0.717) is 11.2 Å². The van der Waals surface area contributed by atoms with Gasteiger partial charge in [0.05, 0.1) is 12.8 Å². The van der Waals surface area contributed by atoms with E-state index in [0.717, 1.165) is 22.5 Å². The highest BCUT2D eigenvalue weighted by atomic mass is 16.5. The maximum Gasteiger partial charge on any atom is 0.119 e. The van der Waals surface area contributed by atoms with Crippen molar-refractivity contribution in [3.63, 3.8) is 0 Å². The van der Waals surface area contributed by atoms with Crippen molar-refractivity contribution in [2.45, 2.75) is 6.92 Å². The molecule has 21 heavy (non-hydrogen) atoms. The van der Waals surface area contributed by atoms with Crippen molar-refractivity contribution in [1.29, 1.82) is 0 Å². The highest BCUT2D eigenvalue weighted by Gasteiger charge is 2.07. The Balaban J connectivity index is 2.09. The molecule has 0 aliphatic heterocycles. The molecule has 0 bridgehead atoms. The van der Waals surface area contributed by atoms with Crippen LogP contribution in [0.3, 0.4) is 0 Å². The number of fused-ring (bicyclic) bond motifs is 1. The number of aromatic nitrogens is 3. The van der Waals surface area contributed by atoms with Gasteiger partial charge in [-0.3, -0.25) is 0 Å². The zero-order valence-corrected chi connectivity index (χ0v) is 11.6. The van der Waals surface area contributed by atoms with Crippen LogP contribution in [0.15, 0.2) is 41.5 Å². The first-order chi connectivity index (χ1) is 10.2. The lowest BCUT2D eigenvalue weighted by Gasteiger charge is -2.01. The molecule has 0 unspecified atom stereocenters. The van der Waals surface area contributed by atoms with Gasteiger partial charge in [-0.1, -0.05) is 5.11 Å². The van der Waals surface area contributed by atoms with Gasteiger partial charge in [0.2, 0.25) is 0 Å². The maximum absolute atomic E-state index is 8.55. The van der Waals surface area contributed by atoms with Gasteiger partial charge in [-0.25, -0.2) is 0 Å². The smallest absolute Gasteiger partial charge is 0.119 e. The molecule has 1 aromatic heterocycles. The minimum absolute atomic E-state index is 0.562. The van der Waals surface area contributed by atoms with Crippen LogP contribution < -0.4 is 4.74 Å². The molecule has 7 heteroatoms. The molecular weight excluding hydrogens is 268 g/mol. The monoisotopic (exact) mass is 280 g/mol. The van der Waals surface area contributed by atoms with Gasteiger partial charge in [-0.15, -0.1) is 10.2 Å². The van der Waals surface area contributed by atoms with Crippen molar-refractivity contribution in [2.24, 2.45) is 5.11 Å². The number of azide groups is 1. The standard InChI is InChI=1S/C14H12N6O/c1-9-7-13-14(8-12(9)16-19-15)18-20(17-13)10-3-5-11(21-2)6-4-10/h3-8H,1-2H3. The van der Waals surface area contributed by atoms with Crippen molar-refractivity contribution in [3.8, 4) is 11.4 Å². The van der Waals surface area contributed by atoms with Crippen molar-refractivity contribution in [3.05, 3.63) is 52.4 Å². The molecule has 2 aromatic carbocycles. The minimum atomic E-state index is 0.562. The number of ether oxygens (including phenoxy) is 1. The molecule has 3 rings (SSSR count). The highest BCUT2D eigenvalue weighted by molar-refractivity contribution is 5.79. The fourth-order valence-corrected chi connectivity index (χ4v) is 2.04. The van der Waals surface area contributed by atoms with E-state index in [1.54, 1.807) is 18.0 Å². The SMILES string of the molecule is COc1ccc(-n2nc3cc(C)c(N=[N+]=[N-])cc3n2)cc1. The fraction of sp³-hybridized carbons (Fsp3) is 0.143. The molecule has 3 aromatic rings. The normalized spacial score (nSPS) is 10.4. The summed E-state index contributed by atoms with van der Waals surface area (Å²) in [6, 6.07) is 11.0. The Kier molecular flexibility index (Phi) is 3.17. The van der Waals surface area contributed by atoms with Gasteiger partial charge in [0.25, 0.3) is 0 Å². The average Bonchev–Trinajstić information content (AvgIpc) is 2.91. The topological polar surface area (TPSA) is 88.7 Å². The predicted molar refractivity (Wildman–Crippen MR) is 79.0 cm³/mol. The molecule has 0 aliphatic carbocycles.